The highest BCUT2D eigenvalue weighted by molar-refractivity contribution is 5.98. The van der Waals surface area contributed by atoms with Crippen LogP contribution in [0, 0.1) is 0 Å². The second-order valence-electron chi connectivity index (χ2n) is 10.2. The van der Waals surface area contributed by atoms with Gasteiger partial charge in [-0.05, 0) is 91.4 Å². The van der Waals surface area contributed by atoms with Crippen LogP contribution in [0.4, 0.5) is 4.79 Å². The van der Waals surface area contributed by atoms with Gasteiger partial charge in [0.05, 0.1) is 0 Å². The molecule has 0 aromatic heterocycles. The van der Waals surface area contributed by atoms with Gasteiger partial charge in [-0.3, -0.25) is 4.90 Å². The molecular formula is C34H42N2O3. The Morgan fingerprint density at radius 1 is 0.795 bits per heavy atom. The smallest absolute Gasteiger partial charge is 0.412 e. The standard InChI is InChI=1S/C34H42N2O3/c1-3-4-5-9-22-35-34(37)39-32-20-16-30(17-21-32)33(27(2)28-12-7-6-8-13-28)29-14-18-31(19-15-29)38-26-25-36-23-10-11-24-36/h6-8,12-21H,3-5,9-11,22-26H2,1-2H3,(H,35,37)/b33-27-. The van der Waals surface area contributed by atoms with Gasteiger partial charge in [-0.2, -0.15) is 0 Å². The van der Waals surface area contributed by atoms with Gasteiger partial charge in [0, 0.05) is 13.1 Å². The molecule has 1 fully saturated rings. The van der Waals surface area contributed by atoms with Crippen LogP contribution in [0.3, 0.4) is 0 Å². The van der Waals surface area contributed by atoms with Crippen molar-refractivity contribution in [3.8, 4) is 11.5 Å². The number of unbranched alkanes of at least 4 members (excludes halogenated alkanes) is 3. The first-order chi connectivity index (χ1) is 19.1. The molecule has 0 unspecified atom stereocenters. The van der Waals surface area contributed by atoms with Crippen molar-refractivity contribution >= 4 is 17.2 Å². The molecule has 4 rings (SSSR count). The molecule has 1 aliphatic rings. The predicted molar refractivity (Wildman–Crippen MR) is 160 cm³/mol. The highest BCUT2D eigenvalue weighted by Gasteiger charge is 2.13. The summed E-state index contributed by atoms with van der Waals surface area (Å²) >= 11 is 0. The third-order valence-corrected chi connectivity index (χ3v) is 7.25. The molecule has 1 heterocycles. The van der Waals surface area contributed by atoms with Gasteiger partial charge in [0.15, 0.2) is 0 Å². The molecule has 39 heavy (non-hydrogen) atoms. The average molecular weight is 527 g/mol. The van der Waals surface area contributed by atoms with E-state index >= 15 is 0 Å². The lowest BCUT2D eigenvalue weighted by Gasteiger charge is -2.17. The minimum atomic E-state index is -0.407. The third-order valence-electron chi connectivity index (χ3n) is 7.25. The van der Waals surface area contributed by atoms with Gasteiger partial charge in [-0.15, -0.1) is 0 Å². The number of allylic oxidation sites excluding steroid dienone is 1. The Labute approximate surface area is 233 Å². The number of amides is 1. The van der Waals surface area contributed by atoms with E-state index in [-0.39, 0.29) is 0 Å². The number of rotatable bonds is 13. The number of nitrogens with zero attached hydrogens (tertiary/aromatic N) is 1. The largest absolute Gasteiger partial charge is 0.492 e. The molecule has 5 nitrogen and oxygen atoms in total. The topological polar surface area (TPSA) is 50.8 Å². The summed E-state index contributed by atoms with van der Waals surface area (Å²) in [7, 11) is 0. The van der Waals surface area contributed by atoms with Gasteiger partial charge < -0.3 is 14.8 Å². The quantitative estimate of drug-likeness (QED) is 0.182. The molecule has 1 N–H and O–H groups in total. The summed E-state index contributed by atoms with van der Waals surface area (Å²) in [6, 6.07) is 26.6. The first kappa shape index (κ1) is 28.4. The Kier molecular flexibility index (Phi) is 11.0. The molecule has 0 radical (unpaired) electrons. The predicted octanol–water partition coefficient (Wildman–Crippen LogP) is 7.81. The summed E-state index contributed by atoms with van der Waals surface area (Å²) in [4.78, 5) is 14.7. The Morgan fingerprint density at radius 2 is 1.44 bits per heavy atom. The third kappa shape index (κ3) is 8.72. The highest BCUT2D eigenvalue weighted by atomic mass is 16.6. The van der Waals surface area contributed by atoms with E-state index in [4.69, 9.17) is 9.47 Å². The van der Waals surface area contributed by atoms with Gasteiger partial charge in [-0.1, -0.05) is 80.8 Å². The molecule has 5 heteroatoms. The van der Waals surface area contributed by atoms with E-state index in [0.29, 0.717) is 18.9 Å². The van der Waals surface area contributed by atoms with Crippen molar-refractivity contribution in [2.45, 2.75) is 52.4 Å². The first-order valence-corrected chi connectivity index (χ1v) is 14.4. The summed E-state index contributed by atoms with van der Waals surface area (Å²) in [6.45, 7) is 9.02. The monoisotopic (exact) mass is 526 g/mol. The summed E-state index contributed by atoms with van der Waals surface area (Å²) in [6.07, 6.45) is 6.63. The Bertz CT molecular complexity index is 1180. The van der Waals surface area contributed by atoms with Crippen molar-refractivity contribution < 1.29 is 14.3 Å². The van der Waals surface area contributed by atoms with E-state index in [1.807, 2.05) is 30.3 Å². The van der Waals surface area contributed by atoms with Crippen LogP contribution in [0.2, 0.25) is 0 Å². The molecule has 3 aromatic carbocycles. The fourth-order valence-electron chi connectivity index (χ4n) is 5.02. The highest BCUT2D eigenvalue weighted by Crippen LogP contribution is 2.33. The molecule has 1 amide bonds. The average Bonchev–Trinajstić information content (AvgIpc) is 3.49. The van der Waals surface area contributed by atoms with Crippen LogP contribution in [-0.2, 0) is 0 Å². The molecule has 1 aliphatic heterocycles. The maximum absolute atomic E-state index is 12.2. The summed E-state index contributed by atoms with van der Waals surface area (Å²) in [5, 5.41) is 2.84. The molecule has 206 valence electrons. The second-order valence-corrected chi connectivity index (χ2v) is 10.2. The number of hydrogen-bond acceptors (Lipinski definition) is 4. The zero-order valence-electron chi connectivity index (χ0n) is 23.5. The maximum atomic E-state index is 12.2. The van der Waals surface area contributed by atoms with E-state index < -0.39 is 6.09 Å². The van der Waals surface area contributed by atoms with E-state index in [1.165, 1.54) is 49.9 Å². The van der Waals surface area contributed by atoms with Gasteiger partial charge in [0.2, 0.25) is 0 Å². The minimum Gasteiger partial charge on any atom is -0.492 e. The fourth-order valence-corrected chi connectivity index (χ4v) is 5.02. The van der Waals surface area contributed by atoms with E-state index in [2.05, 4.69) is 72.6 Å². The lowest BCUT2D eigenvalue weighted by Crippen LogP contribution is -2.27. The van der Waals surface area contributed by atoms with Crippen molar-refractivity contribution in [1.29, 1.82) is 0 Å². The maximum Gasteiger partial charge on any atom is 0.412 e. The SMILES string of the molecule is CCCCCCNC(=O)Oc1ccc(/C(=C(/C)c2ccccc2)c2ccc(OCCN3CCCC3)cc2)cc1. The zero-order chi connectivity index (χ0) is 27.3. The number of ether oxygens (including phenoxy) is 2. The zero-order valence-corrected chi connectivity index (χ0v) is 23.5. The molecule has 0 atom stereocenters. The molecule has 0 aliphatic carbocycles. The van der Waals surface area contributed by atoms with Crippen LogP contribution >= 0.6 is 0 Å². The van der Waals surface area contributed by atoms with Crippen molar-refractivity contribution in [3.63, 3.8) is 0 Å². The second kappa shape index (κ2) is 15.1. The summed E-state index contributed by atoms with van der Waals surface area (Å²) < 4.78 is 11.6. The van der Waals surface area contributed by atoms with E-state index in [0.717, 1.165) is 41.8 Å². The van der Waals surface area contributed by atoms with Crippen LogP contribution < -0.4 is 14.8 Å². The number of carbonyl (C=O) groups excluding carboxylic acids is 1. The summed E-state index contributed by atoms with van der Waals surface area (Å²) in [5.74, 6) is 1.42. The van der Waals surface area contributed by atoms with Crippen molar-refractivity contribution in [2.24, 2.45) is 0 Å². The molecule has 0 spiro atoms. The van der Waals surface area contributed by atoms with Crippen LogP contribution in [-0.4, -0.2) is 43.8 Å². The van der Waals surface area contributed by atoms with Gasteiger partial charge in [0.1, 0.15) is 18.1 Å². The van der Waals surface area contributed by atoms with Gasteiger partial charge in [0.25, 0.3) is 0 Å². The van der Waals surface area contributed by atoms with Crippen LogP contribution in [0.5, 0.6) is 11.5 Å². The van der Waals surface area contributed by atoms with Gasteiger partial charge in [-0.25, -0.2) is 4.79 Å². The number of carbonyl (C=O) groups is 1. The molecule has 0 saturated carbocycles. The number of nitrogens with one attached hydrogen (secondary N) is 1. The first-order valence-electron chi connectivity index (χ1n) is 14.4. The number of likely N-dealkylation sites (tertiary alicyclic amines) is 1. The Morgan fingerprint density at radius 3 is 2.08 bits per heavy atom. The summed E-state index contributed by atoms with van der Waals surface area (Å²) in [5.41, 5.74) is 5.66. The van der Waals surface area contributed by atoms with Crippen LogP contribution in [0.1, 0.15) is 69.1 Å². The number of benzene rings is 3. The Balaban J connectivity index is 1.46. The van der Waals surface area contributed by atoms with E-state index in [9.17, 15) is 4.79 Å². The van der Waals surface area contributed by atoms with Crippen molar-refractivity contribution in [2.75, 3.05) is 32.8 Å². The van der Waals surface area contributed by atoms with Crippen molar-refractivity contribution in [1.82, 2.24) is 10.2 Å². The number of hydrogen-bond donors (Lipinski definition) is 1. The van der Waals surface area contributed by atoms with Crippen LogP contribution in [0.25, 0.3) is 11.1 Å². The lowest BCUT2D eigenvalue weighted by atomic mass is 9.90. The minimum absolute atomic E-state index is 0.407. The van der Waals surface area contributed by atoms with Gasteiger partial charge >= 0.3 is 6.09 Å². The normalized spacial score (nSPS) is 14.1. The van der Waals surface area contributed by atoms with E-state index in [1.54, 1.807) is 0 Å². The molecule has 0 bridgehead atoms. The van der Waals surface area contributed by atoms with Crippen molar-refractivity contribution in [3.05, 3.63) is 95.6 Å². The lowest BCUT2D eigenvalue weighted by molar-refractivity contribution is 0.200. The molecular weight excluding hydrogens is 484 g/mol. The molecule has 3 aromatic rings. The Hall–Kier alpha value is -3.57. The van der Waals surface area contributed by atoms with Crippen LogP contribution in [0.15, 0.2) is 78.9 Å². The molecule has 1 saturated heterocycles. The fraction of sp³-hybridized carbons (Fsp3) is 0.382.